The van der Waals surface area contributed by atoms with Gasteiger partial charge in [0, 0.05) is 0 Å². The van der Waals surface area contributed by atoms with Crippen LogP contribution >= 0.6 is 0 Å². The molecule has 0 fully saturated rings. The van der Waals surface area contributed by atoms with Gasteiger partial charge in [-0.1, -0.05) is 0 Å². The van der Waals surface area contributed by atoms with Crippen molar-refractivity contribution in [3.8, 4) is 11.4 Å². The summed E-state index contributed by atoms with van der Waals surface area (Å²) in [5.74, 6) is -1.47. The van der Waals surface area contributed by atoms with Crippen LogP contribution in [-0.4, -0.2) is 20.8 Å². The number of hydrogen-bond acceptors (Lipinski definition) is 3. The van der Waals surface area contributed by atoms with Crippen LogP contribution in [0.2, 0.25) is 0 Å². The van der Waals surface area contributed by atoms with Gasteiger partial charge in [-0.25, -0.2) is 24.3 Å². The van der Waals surface area contributed by atoms with E-state index >= 15 is 0 Å². The summed E-state index contributed by atoms with van der Waals surface area (Å²) >= 11 is 0. The molecule has 0 saturated heterocycles. The van der Waals surface area contributed by atoms with E-state index in [9.17, 15) is 13.6 Å². The van der Waals surface area contributed by atoms with Crippen molar-refractivity contribution in [2.45, 2.75) is 0 Å². The van der Waals surface area contributed by atoms with Crippen molar-refractivity contribution in [3.63, 3.8) is 0 Å². The SMILES string of the molecule is [NH]C(=O)n1cnc(-c2cc(F)ccc2F)n1. The second kappa shape index (κ2) is 3.69. The largest absolute Gasteiger partial charge is 0.362 e. The molecule has 0 aliphatic heterocycles. The first-order chi connectivity index (χ1) is 7.58. The summed E-state index contributed by atoms with van der Waals surface area (Å²) in [6.45, 7) is 0. The number of nitrogens with zero attached hydrogens (tertiary/aromatic N) is 3. The molecule has 0 aliphatic rings. The standard InChI is InChI=1S/C9H5F2N4O/c10-5-1-2-7(11)6(3-5)8-13-4-15(14-8)9(12)16/h1-4,12H. The van der Waals surface area contributed by atoms with Crippen LogP contribution in [0.1, 0.15) is 0 Å². The number of benzene rings is 1. The lowest BCUT2D eigenvalue weighted by atomic mass is 10.2. The van der Waals surface area contributed by atoms with Crippen molar-refractivity contribution in [1.82, 2.24) is 20.5 Å². The Hall–Kier alpha value is -2.31. The third-order valence-corrected chi connectivity index (χ3v) is 1.87. The fraction of sp³-hybridized carbons (Fsp3) is 0. The van der Waals surface area contributed by atoms with Gasteiger partial charge in [0.25, 0.3) is 0 Å². The predicted octanol–water partition coefficient (Wildman–Crippen LogP) is 1.47. The van der Waals surface area contributed by atoms with E-state index in [0.717, 1.165) is 24.5 Å². The Morgan fingerprint density at radius 2 is 2.12 bits per heavy atom. The average molecular weight is 223 g/mol. The van der Waals surface area contributed by atoms with E-state index in [2.05, 4.69) is 10.1 Å². The molecule has 1 amide bonds. The van der Waals surface area contributed by atoms with Gasteiger partial charge >= 0.3 is 6.03 Å². The van der Waals surface area contributed by atoms with Crippen LogP contribution in [0, 0.1) is 11.6 Å². The Kier molecular flexibility index (Phi) is 2.35. The van der Waals surface area contributed by atoms with Crippen molar-refractivity contribution < 1.29 is 13.6 Å². The smallest absolute Gasteiger partial charge is 0.246 e. The van der Waals surface area contributed by atoms with Crippen molar-refractivity contribution in [2.75, 3.05) is 0 Å². The van der Waals surface area contributed by atoms with E-state index in [1.807, 2.05) is 0 Å². The molecule has 1 heterocycles. The number of carbonyl (C=O) groups is 1. The minimum atomic E-state index is -1.10. The molecule has 1 aromatic carbocycles. The maximum Gasteiger partial charge on any atom is 0.362 e. The molecule has 1 aromatic heterocycles. The Labute approximate surface area is 88.5 Å². The predicted molar refractivity (Wildman–Crippen MR) is 49.3 cm³/mol. The summed E-state index contributed by atoms with van der Waals surface area (Å²) in [5, 5.41) is 3.54. The first kappa shape index (κ1) is 10.2. The lowest BCUT2D eigenvalue weighted by molar-refractivity contribution is 0.246. The minimum Gasteiger partial charge on any atom is -0.246 e. The van der Waals surface area contributed by atoms with E-state index in [0.29, 0.717) is 4.68 Å². The molecule has 0 spiro atoms. The summed E-state index contributed by atoms with van der Waals surface area (Å²) < 4.78 is 26.8. The quantitative estimate of drug-likeness (QED) is 0.734. The van der Waals surface area contributed by atoms with E-state index < -0.39 is 17.7 Å². The van der Waals surface area contributed by atoms with Gasteiger partial charge in [-0.3, -0.25) is 0 Å². The van der Waals surface area contributed by atoms with E-state index in [4.69, 9.17) is 5.73 Å². The molecule has 0 bridgehead atoms. The molecule has 0 aliphatic carbocycles. The number of amides is 1. The monoisotopic (exact) mass is 223 g/mol. The normalized spacial score (nSPS) is 10.4. The molecule has 2 rings (SSSR count). The van der Waals surface area contributed by atoms with Crippen molar-refractivity contribution in [3.05, 3.63) is 36.2 Å². The van der Waals surface area contributed by atoms with Crippen molar-refractivity contribution in [2.24, 2.45) is 0 Å². The Balaban J connectivity index is 2.50. The van der Waals surface area contributed by atoms with Crippen LogP contribution < -0.4 is 5.73 Å². The van der Waals surface area contributed by atoms with Crippen LogP contribution in [0.15, 0.2) is 24.5 Å². The minimum absolute atomic E-state index is 0.141. The summed E-state index contributed by atoms with van der Waals surface area (Å²) in [5.41, 5.74) is 6.59. The highest BCUT2D eigenvalue weighted by Gasteiger charge is 2.12. The third-order valence-electron chi connectivity index (χ3n) is 1.87. The summed E-state index contributed by atoms with van der Waals surface area (Å²) in [4.78, 5) is 14.2. The van der Waals surface area contributed by atoms with Crippen LogP contribution in [0.5, 0.6) is 0 Å². The molecule has 81 valence electrons. The zero-order chi connectivity index (χ0) is 11.7. The number of hydrogen-bond donors (Lipinski definition) is 0. The van der Waals surface area contributed by atoms with Crippen LogP contribution in [-0.2, 0) is 0 Å². The van der Waals surface area contributed by atoms with Gasteiger partial charge in [0.15, 0.2) is 5.82 Å². The number of halogens is 2. The van der Waals surface area contributed by atoms with Crippen LogP contribution in [0.4, 0.5) is 13.6 Å². The fourth-order valence-electron chi connectivity index (χ4n) is 1.15. The molecular weight excluding hydrogens is 218 g/mol. The van der Waals surface area contributed by atoms with Gasteiger partial charge in [0.1, 0.15) is 18.0 Å². The molecule has 0 atom stereocenters. The number of aromatic nitrogens is 3. The Morgan fingerprint density at radius 1 is 1.38 bits per heavy atom. The zero-order valence-corrected chi connectivity index (χ0v) is 7.82. The maximum atomic E-state index is 13.3. The highest BCUT2D eigenvalue weighted by molar-refractivity contribution is 5.73. The second-order valence-corrected chi connectivity index (χ2v) is 2.94. The van der Waals surface area contributed by atoms with E-state index in [1.54, 1.807) is 0 Å². The molecule has 0 unspecified atom stereocenters. The molecule has 1 N–H and O–H groups in total. The number of carbonyl (C=O) groups excluding carboxylic acids is 1. The van der Waals surface area contributed by atoms with Crippen LogP contribution in [0.25, 0.3) is 11.4 Å². The molecule has 1 radical (unpaired) electrons. The average Bonchev–Trinajstić information content (AvgIpc) is 2.70. The van der Waals surface area contributed by atoms with E-state index in [1.165, 1.54) is 0 Å². The lowest BCUT2D eigenvalue weighted by Crippen LogP contribution is -2.10. The Morgan fingerprint density at radius 3 is 2.75 bits per heavy atom. The van der Waals surface area contributed by atoms with Gasteiger partial charge in [-0.2, -0.15) is 4.68 Å². The topological polar surface area (TPSA) is 71.6 Å². The van der Waals surface area contributed by atoms with Gasteiger partial charge in [-0.15, -0.1) is 5.10 Å². The zero-order valence-electron chi connectivity index (χ0n) is 7.82. The number of nitrogens with one attached hydrogen (secondary N) is 1. The molecule has 2 aromatic rings. The fourth-order valence-corrected chi connectivity index (χ4v) is 1.15. The maximum absolute atomic E-state index is 13.3. The van der Waals surface area contributed by atoms with E-state index in [-0.39, 0.29) is 11.4 Å². The summed E-state index contributed by atoms with van der Waals surface area (Å²) in [6, 6.07) is 1.72. The first-order valence-electron chi connectivity index (χ1n) is 4.21. The highest BCUT2D eigenvalue weighted by atomic mass is 19.1. The molecule has 16 heavy (non-hydrogen) atoms. The molecule has 0 saturated carbocycles. The van der Waals surface area contributed by atoms with Crippen molar-refractivity contribution >= 4 is 6.03 Å². The van der Waals surface area contributed by atoms with Gasteiger partial charge < -0.3 is 0 Å². The van der Waals surface area contributed by atoms with Gasteiger partial charge in [0.05, 0.1) is 5.56 Å². The number of rotatable bonds is 1. The second-order valence-electron chi connectivity index (χ2n) is 2.94. The highest BCUT2D eigenvalue weighted by Crippen LogP contribution is 2.19. The van der Waals surface area contributed by atoms with Crippen LogP contribution in [0.3, 0.4) is 0 Å². The molecule has 7 heteroatoms. The Bertz CT molecular complexity index is 552. The first-order valence-corrected chi connectivity index (χ1v) is 4.21. The molecular formula is C9H5F2N4O. The molecule has 5 nitrogen and oxygen atoms in total. The van der Waals surface area contributed by atoms with Gasteiger partial charge in [0.2, 0.25) is 0 Å². The van der Waals surface area contributed by atoms with Crippen molar-refractivity contribution in [1.29, 1.82) is 0 Å². The lowest BCUT2D eigenvalue weighted by Gasteiger charge is -1.97. The summed E-state index contributed by atoms with van der Waals surface area (Å²) in [7, 11) is 0. The summed E-state index contributed by atoms with van der Waals surface area (Å²) in [6.07, 6.45) is 0.967. The van der Waals surface area contributed by atoms with Gasteiger partial charge in [-0.05, 0) is 18.2 Å². The third kappa shape index (κ3) is 1.74.